The normalized spacial score (nSPS) is 25.0. The maximum absolute atomic E-state index is 10.3. The van der Waals surface area contributed by atoms with Crippen molar-refractivity contribution in [1.29, 1.82) is 5.26 Å². The van der Waals surface area contributed by atoms with Crippen molar-refractivity contribution in [3.05, 3.63) is 29.3 Å². The first-order valence-corrected chi connectivity index (χ1v) is 6.64. The van der Waals surface area contributed by atoms with Gasteiger partial charge in [-0.3, -0.25) is 0 Å². The summed E-state index contributed by atoms with van der Waals surface area (Å²) in [5.41, 5.74) is 1.18. The number of nitriles is 1. The fraction of sp³-hybridized carbons (Fsp3) is 0.533. The van der Waals surface area contributed by atoms with Gasteiger partial charge in [-0.15, -0.1) is 0 Å². The van der Waals surface area contributed by atoms with E-state index in [-0.39, 0.29) is 5.60 Å². The third kappa shape index (κ3) is 1.87. The van der Waals surface area contributed by atoms with Gasteiger partial charge in [0, 0.05) is 12.0 Å². The second-order valence-electron chi connectivity index (χ2n) is 5.43. The molecule has 0 saturated heterocycles. The van der Waals surface area contributed by atoms with Crippen molar-refractivity contribution in [2.45, 2.75) is 50.2 Å². The number of benzene rings is 1. The van der Waals surface area contributed by atoms with E-state index in [1.54, 1.807) is 12.1 Å². The van der Waals surface area contributed by atoms with Crippen LogP contribution in [-0.4, -0.2) is 10.7 Å². The summed E-state index contributed by atoms with van der Waals surface area (Å²) in [5.74, 6) is 0.759. The van der Waals surface area contributed by atoms with Crippen molar-refractivity contribution in [1.82, 2.24) is 0 Å². The maximum Gasteiger partial charge on any atom is 0.126 e. The van der Waals surface area contributed by atoms with Gasteiger partial charge in [0.2, 0.25) is 0 Å². The third-order valence-electron chi connectivity index (χ3n) is 4.15. The van der Waals surface area contributed by atoms with Gasteiger partial charge >= 0.3 is 0 Å². The number of nitrogens with zero attached hydrogens (tertiary/aromatic N) is 1. The minimum absolute atomic E-state index is 0.168. The van der Waals surface area contributed by atoms with E-state index in [1.807, 2.05) is 6.07 Å². The van der Waals surface area contributed by atoms with Crippen molar-refractivity contribution in [3.63, 3.8) is 0 Å². The molecule has 94 valence electrons. The van der Waals surface area contributed by atoms with Crippen LogP contribution in [-0.2, 0) is 0 Å². The van der Waals surface area contributed by atoms with E-state index >= 15 is 0 Å². The first-order chi connectivity index (χ1) is 8.72. The second-order valence-corrected chi connectivity index (χ2v) is 5.43. The van der Waals surface area contributed by atoms with E-state index in [2.05, 4.69) is 6.07 Å². The Bertz CT molecular complexity index is 498. The van der Waals surface area contributed by atoms with Crippen molar-refractivity contribution >= 4 is 0 Å². The molecule has 0 bridgehead atoms. The lowest BCUT2D eigenvalue weighted by Gasteiger charge is -2.43. The number of hydrogen-bond acceptors (Lipinski definition) is 3. The fourth-order valence-corrected chi connectivity index (χ4v) is 3.21. The van der Waals surface area contributed by atoms with Crippen molar-refractivity contribution in [2.24, 2.45) is 0 Å². The number of rotatable bonds is 0. The molecule has 3 heteroatoms. The Kier molecular flexibility index (Phi) is 2.76. The third-order valence-corrected chi connectivity index (χ3v) is 4.15. The zero-order chi connectivity index (χ0) is 12.6. The molecular formula is C15H17NO2. The molecule has 0 unspecified atom stereocenters. The van der Waals surface area contributed by atoms with Gasteiger partial charge in [-0.1, -0.05) is 6.42 Å². The highest BCUT2D eigenvalue weighted by atomic mass is 16.5. The van der Waals surface area contributed by atoms with E-state index in [0.717, 1.165) is 24.2 Å². The number of hydrogen-bond donors (Lipinski definition) is 1. The van der Waals surface area contributed by atoms with Crippen LogP contribution in [0.2, 0.25) is 0 Å². The van der Waals surface area contributed by atoms with E-state index in [4.69, 9.17) is 10.00 Å². The van der Waals surface area contributed by atoms with Gasteiger partial charge in [-0.25, -0.2) is 0 Å². The molecule has 3 rings (SSSR count). The van der Waals surface area contributed by atoms with Gasteiger partial charge in [-0.2, -0.15) is 5.26 Å². The van der Waals surface area contributed by atoms with Crippen LogP contribution in [0.15, 0.2) is 18.2 Å². The number of aliphatic hydroxyl groups is 1. The van der Waals surface area contributed by atoms with Crippen molar-refractivity contribution < 1.29 is 9.84 Å². The lowest BCUT2D eigenvalue weighted by molar-refractivity contribution is -0.0381. The molecule has 1 saturated carbocycles. The average Bonchev–Trinajstić information content (AvgIpc) is 2.39. The Balaban J connectivity index is 1.95. The summed E-state index contributed by atoms with van der Waals surface area (Å²) >= 11 is 0. The Labute approximate surface area is 107 Å². The topological polar surface area (TPSA) is 53.2 Å². The highest BCUT2D eigenvalue weighted by Crippen LogP contribution is 2.46. The smallest absolute Gasteiger partial charge is 0.126 e. The second kappa shape index (κ2) is 4.29. The van der Waals surface area contributed by atoms with Gasteiger partial charge in [0.05, 0.1) is 17.7 Å². The summed E-state index contributed by atoms with van der Waals surface area (Å²) in [6, 6.07) is 7.43. The SMILES string of the molecule is N#Cc1ccc2c(c1)[C@H](O)CC1(CCCCC1)O2. The molecule has 1 aromatic rings. The molecule has 2 aliphatic rings. The molecule has 0 aromatic heterocycles. The van der Waals surface area contributed by atoms with Crippen LogP contribution in [0, 0.1) is 11.3 Å². The molecule has 0 amide bonds. The highest BCUT2D eigenvalue weighted by molar-refractivity contribution is 5.45. The summed E-state index contributed by atoms with van der Waals surface area (Å²) in [6.45, 7) is 0. The minimum atomic E-state index is -0.500. The van der Waals surface area contributed by atoms with Gasteiger partial charge in [0.1, 0.15) is 11.4 Å². The summed E-state index contributed by atoms with van der Waals surface area (Å²) in [4.78, 5) is 0. The van der Waals surface area contributed by atoms with Crippen molar-refractivity contribution in [3.8, 4) is 11.8 Å². The van der Waals surface area contributed by atoms with E-state index in [9.17, 15) is 5.11 Å². The molecule has 1 spiro atoms. The quantitative estimate of drug-likeness (QED) is 0.761. The zero-order valence-corrected chi connectivity index (χ0v) is 10.4. The first-order valence-electron chi connectivity index (χ1n) is 6.64. The number of fused-ring (bicyclic) bond motifs is 1. The Morgan fingerprint density at radius 1 is 1.28 bits per heavy atom. The van der Waals surface area contributed by atoms with Gasteiger partial charge < -0.3 is 9.84 Å². The van der Waals surface area contributed by atoms with E-state index in [1.165, 1.54) is 19.3 Å². The molecular weight excluding hydrogens is 226 g/mol. The lowest BCUT2D eigenvalue weighted by Crippen LogP contribution is -2.42. The Morgan fingerprint density at radius 2 is 2.06 bits per heavy atom. The van der Waals surface area contributed by atoms with Gasteiger partial charge in [0.15, 0.2) is 0 Å². The monoisotopic (exact) mass is 243 g/mol. The van der Waals surface area contributed by atoms with E-state index < -0.39 is 6.10 Å². The number of aliphatic hydroxyl groups excluding tert-OH is 1. The molecule has 1 N–H and O–H groups in total. The van der Waals surface area contributed by atoms with Crippen LogP contribution in [0.1, 0.15) is 55.8 Å². The molecule has 1 aliphatic carbocycles. The standard InChI is InChI=1S/C15H17NO2/c16-10-11-4-5-14-12(8-11)13(17)9-15(18-14)6-2-1-3-7-15/h4-5,8,13,17H,1-3,6-7,9H2/t13-/m1/s1. The molecule has 3 nitrogen and oxygen atoms in total. The van der Waals surface area contributed by atoms with Gasteiger partial charge in [-0.05, 0) is 43.9 Å². The fourth-order valence-electron chi connectivity index (χ4n) is 3.21. The summed E-state index contributed by atoms with van der Waals surface area (Å²) < 4.78 is 6.16. The van der Waals surface area contributed by atoms with Crippen LogP contribution in [0.3, 0.4) is 0 Å². The summed E-state index contributed by atoms with van der Waals surface area (Å²) in [7, 11) is 0. The van der Waals surface area contributed by atoms with Crippen LogP contribution in [0.25, 0.3) is 0 Å². The Morgan fingerprint density at radius 3 is 2.78 bits per heavy atom. The predicted molar refractivity (Wildman–Crippen MR) is 67.2 cm³/mol. The summed E-state index contributed by atoms with van der Waals surface area (Å²) in [6.07, 6.45) is 5.85. The van der Waals surface area contributed by atoms with Crippen LogP contribution in [0.5, 0.6) is 5.75 Å². The number of ether oxygens (including phenoxy) is 1. The van der Waals surface area contributed by atoms with Crippen LogP contribution < -0.4 is 4.74 Å². The minimum Gasteiger partial charge on any atom is -0.487 e. The molecule has 1 atom stereocenters. The molecule has 18 heavy (non-hydrogen) atoms. The highest BCUT2D eigenvalue weighted by Gasteiger charge is 2.41. The Hall–Kier alpha value is -1.53. The van der Waals surface area contributed by atoms with Gasteiger partial charge in [0.25, 0.3) is 0 Å². The molecule has 1 heterocycles. The lowest BCUT2D eigenvalue weighted by atomic mass is 9.78. The molecule has 0 radical (unpaired) electrons. The first kappa shape index (κ1) is 11.6. The summed E-state index contributed by atoms with van der Waals surface area (Å²) in [5, 5.41) is 19.2. The predicted octanol–water partition coefficient (Wildman–Crippen LogP) is 3.08. The maximum atomic E-state index is 10.3. The molecule has 1 aromatic carbocycles. The molecule has 1 fully saturated rings. The average molecular weight is 243 g/mol. The van der Waals surface area contributed by atoms with Crippen molar-refractivity contribution in [2.75, 3.05) is 0 Å². The van der Waals surface area contributed by atoms with Crippen LogP contribution >= 0.6 is 0 Å². The van der Waals surface area contributed by atoms with Crippen LogP contribution in [0.4, 0.5) is 0 Å². The largest absolute Gasteiger partial charge is 0.487 e. The molecule has 1 aliphatic heterocycles. The zero-order valence-electron chi connectivity index (χ0n) is 10.4. The van der Waals surface area contributed by atoms with E-state index in [0.29, 0.717) is 12.0 Å².